The molecule has 0 saturated heterocycles. The molecule has 0 aromatic heterocycles. The first-order valence-electron chi connectivity index (χ1n) is 5.59. The van der Waals surface area contributed by atoms with Crippen LogP contribution in [-0.4, -0.2) is 18.2 Å². The Morgan fingerprint density at radius 2 is 2.06 bits per heavy atom. The number of carbonyl (C=O) groups is 1. The van der Waals surface area contributed by atoms with Crippen molar-refractivity contribution >= 4 is 33.5 Å². The number of rotatable bonds is 4. The van der Waals surface area contributed by atoms with E-state index in [1.165, 1.54) is 7.11 Å². The van der Waals surface area contributed by atoms with E-state index in [-0.39, 0.29) is 5.92 Å². The van der Waals surface area contributed by atoms with Gasteiger partial charge in [-0.2, -0.15) is 0 Å². The van der Waals surface area contributed by atoms with Gasteiger partial charge in [-0.1, -0.05) is 41.4 Å². The van der Waals surface area contributed by atoms with Gasteiger partial charge in [0.25, 0.3) is 0 Å². The molecule has 1 N–H and O–H groups in total. The highest BCUT2D eigenvalue weighted by atomic mass is 79.9. The predicted molar refractivity (Wildman–Crippen MR) is 74.5 cm³/mol. The second kappa shape index (κ2) is 6.55. The van der Waals surface area contributed by atoms with E-state index in [4.69, 9.17) is 16.3 Å². The highest BCUT2D eigenvalue weighted by molar-refractivity contribution is 9.10. The number of halogens is 2. The second-order valence-corrected chi connectivity index (χ2v) is 5.69. The molecule has 0 amide bonds. The van der Waals surface area contributed by atoms with Gasteiger partial charge in [0.15, 0.2) is 0 Å². The number of hydrogen-bond acceptors (Lipinski definition) is 3. The highest BCUT2D eigenvalue weighted by Crippen LogP contribution is 2.34. The first-order chi connectivity index (χ1) is 8.38. The number of carbonyl (C=O) groups excluding carboxylic acids is 1. The molecule has 0 saturated carbocycles. The van der Waals surface area contributed by atoms with Crippen LogP contribution in [0.5, 0.6) is 0 Å². The highest BCUT2D eigenvalue weighted by Gasteiger charge is 2.32. The van der Waals surface area contributed by atoms with Gasteiger partial charge in [0.05, 0.1) is 19.1 Å². The van der Waals surface area contributed by atoms with Gasteiger partial charge < -0.3 is 9.84 Å². The summed E-state index contributed by atoms with van der Waals surface area (Å²) in [6.45, 7) is 3.73. The monoisotopic (exact) mass is 334 g/mol. The van der Waals surface area contributed by atoms with Crippen LogP contribution in [0.1, 0.15) is 25.5 Å². The van der Waals surface area contributed by atoms with E-state index in [0.717, 1.165) is 0 Å². The molecule has 1 aromatic rings. The molecule has 0 fully saturated rings. The number of esters is 1. The van der Waals surface area contributed by atoms with Gasteiger partial charge in [-0.15, -0.1) is 0 Å². The van der Waals surface area contributed by atoms with E-state index in [1.54, 1.807) is 18.2 Å². The fraction of sp³-hybridized carbons (Fsp3) is 0.462. The Morgan fingerprint density at radius 1 is 1.44 bits per heavy atom. The van der Waals surface area contributed by atoms with E-state index in [1.807, 2.05) is 13.8 Å². The smallest absolute Gasteiger partial charge is 0.311 e. The maximum absolute atomic E-state index is 11.7. The molecule has 5 heteroatoms. The van der Waals surface area contributed by atoms with Crippen LogP contribution in [0.3, 0.4) is 0 Å². The van der Waals surface area contributed by atoms with Gasteiger partial charge in [-0.25, -0.2) is 0 Å². The third-order valence-electron chi connectivity index (χ3n) is 2.81. The number of aliphatic hydroxyl groups is 1. The van der Waals surface area contributed by atoms with Gasteiger partial charge >= 0.3 is 5.97 Å². The summed E-state index contributed by atoms with van der Waals surface area (Å²) in [5, 5.41) is 10.9. The molecular formula is C13H16BrClO3. The molecule has 18 heavy (non-hydrogen) atoms. The van der Waals surface area contributed by atoms with E-state index in [0.29, 0.717) is 15.1 Å². The number of ether oxygens (including phenoxy) is 1. The maximum atomic E-state index is 11.7. The molecular weight excluding hydrogens is 319 g/mol. The Hall–Kier alpha value is -0.580. The molecule has 3 nitrogen and oxygen atoms in total. The Balaban J connectivity index is 3.13. The van der Waals surface area contributed by atoms with Crippen molar-refractivity contribution in [2.45, 2.75) is 20.0 Å². The molecule has 2 atom stereocenters. The van der Waals surface area contributed by atoms with Crippen molar-refractivity contribution in [1.29, 1.82) is 0 Å². The van der Waals surface area contributed by atoms with Gasteiger partial charge in [0.1, 0.15) is 0 Å². The first kappa shape index (κ1) is 15.5. The van der Waals surface area contributed by atoms with E-state index >= 15 is 0 Å². The Kier molecular flexibility index (Phi) is 5.63. The quantitative estimate of drug-likeness (QED) is 0.856. The number of aliphatic hydroxyl groups excluding tert-OH is 1. The van der Waals surface area contributed by atoms with Crippen molar-refractivity contribution in [3.63, 3.8) is 0 Å². The van der Waals surface area contributed by atoms with Crippen molar-refractivity contribution < 1.29 is 14.6 Å². The van der Waals surface area contributed by atoms with Gasteiger partial charge in [0.2, 0.25) is 0 Å². The molecule has 1 rings (SSSR count). The molecule has 0 heterocycles. The largest absolute Gasteiger partial charge is 0.469 e. The lowest BCUT2D eigenvalue weighted by atomic mass is 9.86. The zero-order chi connectivity index (χ0) is 13.9. The van der Waals surface area contributed by atoms with Crippen LogP contribution < -0.4 is 0 Å². The summed E-state index contributed by atoms with van der Waals surface area (Å²) in [5.41, 5.74) is 0.589. The van der Waals surface area contributed by atoms with Crippen molar-refractivity contribution in [3.05, 3.63) is 33.3 Å². The lowest BCUT2D eigenvalue weighted by Crippen LogP contribution is -2.28. The Morgan fingerprint density at radius 3 is 2.56 bits per heavy atom. The third kappa shape index (κ3) is 3.46. The van der Waals surface area contributed by atoms with E-state index < -0.39 is 18.0 Å². The summed E-state index contributed by atoms with van der Waals surface area (Å²) in [5.74, 6) is -1.09. The summed E-state index contributed by atoms with van der Waals surface area (Å²) in [7, 11) is 1.32. The summed E-state index contributed by atoms with van der Waals surface area (Å²) >= 11 is 9.26. The van der Waals surface area contributed by atoms with Crippen molar-refractivity contribution in [1.82, 2.24) is 0 Å². The standard InChI is InChI=1S/C13H16BrClO3/c1-7(2)11(13(17)18-3)12(16)9-6-8(15)4-5-10(9)14/h4-7,11-12,16H,1-3H3. The van der Waals surface area contributed by atoms with Gasteiger partial charge in [-0.3, -0.25) is 4.79 Å². The van der Waals surface area contributed by atoms with Crippen LogP contribution in [0.4, 0.5) is 0 Å². The topological polar surface area (TPSA) is 46.5 Å². The molecule has 2 unspecified atom stereocenters. The average molecular weight is 336 g/mol. The lowest BCUT2D eigenvalue weighted by molar-refractivity contribution is -0.152. The number of benzene rings is 1. The third-order valence-corrected chi connectivity index (χ3v) is 3.77. The second-order valence-electron chi connectivity index (χ2n) is 4.40. The minimum absolute atomic E-state index is 0.0432. The minimum Gasteiger partial charge on any atom is -0.469 e. The SMILES string of the molecule is COC(=O)C(C(C)C)C(O)c1cc(Cl)ccc1Br. The zero-order valence-electron chi connectivity index (χ0n) is 10.5. The number of methoxy groups -OCH3 is 1. The fourth-order valence-electron chi connectivity index (χ4n) is 1.84. The molecule has 0 spiro atoms. The van der Waals surface area contributed by atoms with Crippen LogP contribution in [0.2, 0.25) is 5.02 Å². The minimum atomic E-state index is -0.953. The molecule has 0 aliphatic rings. The first-order valence-corrected chi connectivity index (χ1v) is 6.76. The molecule has 100 valence electrons. The van der Waals surface area contributed by atoms with Crippen molar-refractivity contribution in [2.75, 3.05) is 7.11 Å². The van der Waals surface area contributed by atoms with Crippen LogP contribution in [0.15, 0.2) is 22.7 Å². The molecule has 0 aliphatic heterocycles. The summed E-state index contributed by atoms with van der Waals surface area (Å²) in [6, 6.07) is 5.11. The Labute approximate surface area is 120 Å². The van der Waals surface area contributed by atoms with Gasteiger partial charge in [0, 0.05) is 9.50 Å². The van der Waals surface area contributed by atoms with Crippen molar-refractivity contribution in [2.24, 2.45) is 11.8 Å². The maximum Gasteiger partial charge on any atom is 0.311 e. The molecule has 1 aromatic carbocycles. The van der Waals surface area contributed by atoms with E-state index in [9.17, 15) is 9.90 Å². The molecule has 0 aliphatic carbocycles. The molecule has 0 bridgehead atoms. The van der Waals surface area contributed by atoms with E-state index in [2.05, 4.69) is 15.9 Å². The predicted octanol–water partition coefficient (Wildman–Crippen LogP) is 3.58. The van der Waals surface area contributed by atoms with Crippen LogP contribution >= 0.6 is 27.5 Å². The normalized spacial score (nSPS) is 14.4. The van der Waals surface area contributed by atoms with Crippen LogP contribution in [0, 0.1) is 11.8 Å². The average Bonchev–Trinajstić information content (AvgIpc) is 2.31. The van der Waals surface area contributed by atoms with Crippen molar-refractivity contribution in [3.8, 4) is 0 Å². The van der Waals surface area contributed by atoms with Gasteiger partial charge in [-0.05, 0) is 29.7 Å². The van der Waals surface area contributed by atoms with Crippen LogP contribution in [-0.2, 0) is 9.53 Å². The number of hydrogen-bond donors (Lipinski definition) is 1. The summed E-state index contributed by atoms with van der Waals surface area (Å²) < 4.78 is 5.46. The Bertz CT molecular complexity index is 434. The summed E-state index contributed by atoms with van der Waals surface area (Å²) in [6.07, 6.45) is -0.953. The molecule has 0 radical (unpaired) electrons. The summed E-state index contributed by atoms with van der Waals surface area (Å²) in [4.78, 5) is 11.7. The lowest BCUT2D eigenvalue weighted by Gasteiger charge is -2.25. The van der Waals surface area contributed by atoms with Crippen LogP contribution in [0.25, 0.3) is 0 Å². The zero-order valence-corrected chi connectivity index (χ0v) is 12.8. The fourth-order valence-corrected chi connectivity index (χ4v) is 2.50.